The van der Waals surface area contributed by atoms with Crippen LogP contribution < -0.4 is 16.6 Å². The van der Waals surface area contributed by atoms with Crippen LogP contribution in [0.2, 0.25) is 0 Å². The summed E-state index contributed by atoms with van der Waals surface area (Å²) in [4.78, 5) is 13.1. The van der Waals surface area contributed by atoms with E-state index in [1.807, 2.05) is 0 Å². The largest absolute Gasteiger partial charge is 0.378 e. The van der Waals surface area contributed by atoms with Crippen LogP contribution in [0.3, 0.4) is 0 Å². The molecule has 110 valence electrons. The Morgan fingerprint density at radius 2 is 2.05 bits per heavy atom. The number of nitro benzene ring substituents is 1. The van der Waals surface area contributed by atoms with Gasteiger partial charge in [-0.05, 0) is 45.0 Å². The molecule has 1 aliphatic heterocycles. The van der Waals surface area contributed by atoms with Gasteiger partial charge in [-0.25, -0.2) is 0 Å². The molecule has 1 aliphatic rings. The maximum absolute atomic E-state index is 11.2. The zero-order chi connectivity index (χ0) is 14.5. The first-order chi connectivity index (χ1) is 9.63. The van der Waals surface area contributed by atoms with E-state index in [1.54, 1.807) is 18.2 Å². The molecule has 1 aromatic carbocycles. The van der Waals surface area contributed by atoms with Gasteiger partial charge >= 0.3 is 5.69 Å². The molecule has 20 heavy (non-hydrogen) atoms. The number of nitrogens with zero attached hydrogens (tertiary/aromatic N) is 2. The Morgan fingerprint density at radius 3 is 2.65 bits per heavy atom. The van der Waals surface area contributed by atoms with Crippen LogP contribution in [0.15, 0.2) is 18.2 Å². The molecule has 0 saturated carbocycles. The van der Waals surface area contributed by atoms with Crippen molar-refractivity contribution < 1.29 is 4.92 Å². The van der Waals surface area contributed by atoms with Gasteiger partial charge < -0.3 is 10.7 Å². The van der Waals surface area contributed by atoms with Crippen LogP contribution in [0.25, 0.3) is 0 Å². The van der Waals surface area contributed by atoms with Crippen molar-refractivity contribution in [2.24, 2.45) is 5.84 Å². The van der Waals surface area contributed by atoms with Gasteiger partial charge in [0.15, 0.2) is 0 Å². The Morgan fingerprint density at radius 1 is 1.40 bits per heavy atom. The molecule has 0 radical (unpaired) electrons. The number of nitrogens with two attached hydrogens (primary N) is 1. The minimum atomic E-state index is -0.419. The first-order valence-corrected chi connectivity index (χ1v) is 6.85. The highest BCUT2D eigenvalue weighted by Crippen LogP contribution is 2.32. The fraction of sp³-hybridized carbons (Fsp3) is 0.538. The number of anilines is 2. The summed E-state index contributed by atoms with van der Waals surface area (Å²) in [6.07, 6.45) is 2.47. The minimum Gasteiger partial charge on any atom is -0.378 e. The average molecular weight is 279 g/mol. The van der Waals surface area contributed by atoms with Gasteiger partial charge in [0.05, 0.1) is 4.92 Å². The highest BCUT2D eigenvalue weighted by molar-refractivity contribution is 5.75. The van der Waals surface area contributed by atoms with Crippen molar-refractivity contribution in [2.75, 3.05) is 30.4 Å². The summed E-state index contributed by atoms with van der Waals surface area (Å²) in [7, 11) is 0. The van der Waals surface area contributed by atoms with Crippen LogP contribution >= 0.6 is 0 Å². The molecule has 0 bridgehead atoms. The second kappa shape index (κ2) is 6.53. The maximum atomic E-state index is 11.2. The van der Waals surface area contributed by atoms with Crippen molar-refractivity contribution in [3.63, 3.8) is 0 Å². The number of nitrogens with one attached hydrogen (secondary N) is 2. The lowest BCUT2D eigenvalue weighted by atomic mass is 10.2. The van der Waals surface area contributed by atoms with Crippen molar-refractivity contribution in [1.29, 1.82) is 0 Å². The van der Waals surface area contributed by atoms with E-state index >= 15 is 0 Å². The predicted molar refractivity (Wildman–Crippen MR) is 79.7 cm³/mol. The molecule has 1 saturated heterocycles. The Kier molecular flexibility index (Phi) is 4.75. The van der Waals surface area contributed by atoms with Gasteiger partial charge in [-0.1, -0.05) is 6.07 Å². The van der Waals surface area contributed by atoms with Crippen LogP contribution in [0.4, 0.5) is 17.1 Å². The molecule has 0 aliphatic carbocycles. The summed E-state index contributed by atoms with van der Waals surface area (Å²) in [5.74, 6) is 5.32. The molecule has 1 unspecified atom stereocenters. The molecule has 0 aromatic heterocycles. The van der Waals surface area contributed by atoms with Crippen molar-refractivity contribution in [3.8, 4) is 0 Å². The van der Waals surface area contributed by atoms with Crippen molar-refractivity contribution >= 4 is 17.1 Å². The Balaban J connectivity index is 2.06. The smallest absolute Gasteiger partial charge is 0.316 e. The Hall–Kier alpha value is -1.86. The van der Waals surface area contributed by atoms with Gasteiger partial charge in [0.25, 0.3) is 0 Å². The summed E-state index contributed by atoms with van der Waals surface area (Å²) >= 11 is 0. The summed E-state index contributed by atoms with van der Waals surface area (Å²) in [5.41, 5.74) is 3.17. The zero-order valence-electron chi connectivity index (χ0n) is 11.6. The topological polar surface area (TPSA) is 96.5 Å². The van der Waals surface area contributed by atoms with E-state index in [-0.39, 0.29) is 5.69 Å². The van der Waals surface area contributed by atoms with Crippen LogP contribution in [0.1, 0.15) is 19.8 Å². The molecule has 1 heterocycles. The van der Waals surface area contributed by atoms with Gasteiger partial charge in [0, 0.05) is 12.6 Å². The SMILES string of the molecule is CC(CNc1cccc(NN)c1[N+](=O)[O-])N1CCCC1. The number of benzene rings is 1. The second-order valence-corrected chi connectivity index (χ2v) is 5.08. The fourth-order valence-corrected chi connectivity index (χ4v) is 2.57. The number of para-hydroxylation sites is 1. The minimum absolute atomic E-state index is 0.0105. The standard InChI is InChI=1S/C13H21N5O2/c1-10(17-7-2-3-8-17)9-15-11-5-4-6-12(16-14)13(11)18(19)20/h4-6,10,15-16H,2-3,7-9,14H2,1H3. The number of likely N-dealkylation sites (tertiary alicyclic amines) is 1. The summed E-state index contributed by atoms with van der Waals surface area (Å²) in [5, 5.41) is 14.3. The molecule has 7 nitrogen and oxygen atoms in total. The maximum Gasteiger partial charge on any atom is 0.316 e. The van der Waals surface area contributed by atoms with E-state index in [0.717, 1.165) is 13.1 Å². The van der Waals surface area contributed by atoms with E-state index in [0.29, 0.717) is 24.0 Å². The van der Waals surface area contributed by atoms with Crippen molar-refractivity contribution in [2.45, 2.75) is 25.8 Å². The molecular weight excluding hydrogens is 258 g/mol. The van der Waals surface area contributed by atoms with Gasteiger partial charge in [0.1, 0.15) is 11.4 Å². The lowest BCUT2D eigenvalue weighted by Crippen LogP contribution is -2.35. The second-order valence-electron chi connectivity index (χ2n) is 5.08. The number of hydrazine groups is 1. The van der Waals surface area contributed by atoms with Crippen LogP contribution in [0, 0.1) is 10.1 Å². The molecule has 1 aromatic rings. The summed E-state index contributed by atoms with van der Waals surface area (Å²) < 4.78 is 0. The van der Waals surface area contributed by atoms with Gasteiger partial charge in [-0.15, -0.1) is 0 Å². The lowest BCUT2D eigenvalue weighted by Gasteiger charge is -2.24. The number of hydrogen-bond donors (Lipinski definition) is 3. The van der Waals surface area contributed by atoms with Crippen molar-refractivity contribution in [3.05, 3.63) is 28.3 Å². The third-order valence-corrected chi connectivity index (χ3v) is 3.73. The number of nitro groups is 1. The first kappa shape index (κ1) is 14.5. The Bertz CT molecular complexity index is 474. The lowest BCUT2D eigenvalue weighted by molar-refractivity contribution is -0.383. The van der Waals surface area contributed by atoms with Gasteiger partial charge in [-0.3, -0.25) is 20.9 Å². The monoisotopic (exact) mass is 279 g/mol. The van der Waals surface area contributed by atoms with E-state index in [4.69, 9.17) is 5.84 Å². The summed E-state index contributed by atoms with van der Waals surface area (Å²) in [6, 6.07) is 5.39. The van der Waals surface area contributed by atoms with Gasteiger partial charge in [0.2, 0.25) is 0 Å². The van der Waals surface area contributed by atoms with E-state index < -0.39 is 4.92 Å². The molecular formula is C13H21N5O2. The third kappa shape index (κ3) is 3.17. The molecule has 2 rings (SSSR count). The van der Waals surface area contributed by atoms with E-state index in [9.17, 15) is 10.1 Å². The normalized spacial score (nSPS) is 16.9. The van der Waals surface area contributed by atoms with Crippen molar-refractivity contribution in [1.82, 2.24) is 4.90 Å². The highest BCUT2D eigenvalue weighted by Gasteiger charge is 2.21. The predicted octanol–water partition coefficient (Wildman–Crippen LogP) is 1.78. The molecule has 4 N–H and O–H groups in total. The molecule has 0 spiro atoms. The molecule has 7 heteroatoms. The van der Waals surface area contributed by atoms with E-state index in [1.165, 1.54) is 12.8 Å². The van der Waals surface area contributed by atoms with Crippen LogP contribution in [-0.4, -0.2) is 35.5 Å². The number of nitrogen functional groups attached to an aromatic ring is 1. The summed E-state index contributed by atoms with van der Waals surface area (Å²) in [6.45, 7) is 5.02. The van der Waals surface area contributed by atoms with E-state index in [2.05, 4.69) is 22.6 Å². The quantitative estimate of drug-likeness (QED) is 0.417. The third-order valence-electron chi connectivity index (χ3n) is 3.73. The average Bonchev–Trinajstić information content (AvgIpc) is 2.98. The number of rotatable bonds is 6. The Labute approximate surface area is 118 Å². The molecule has 0 amide bonds. The highest BCUT2D eigenvalue weighted by atomic mass is 16.6. The fourth-order valence-electron chi connectivity index (χ4n) is 2.57. The van der Waals surface area contributed by atoms with Crippen LogP contribution in [-0.2, 0) is 0 Å². The molecule has 1 atom stereocenters. The molecule has 1 fully saturated rings. The first-order valence-electron chi connectivity index (χ1n) is 6.85. The zero-order valence-corrected chi connectivity index (χ0v) is 11.6. The van der Waals surface area contributed by atoms with Crippen LogP contribution in [0.5, 0.6) is 0 Å². The van der Waals surface area contributed by atoms with Gasteiger partial charge in [-0.2, -0.15) is 0 Å². The number of hydrogen-bond acceptors (Lipinski definition) is 6.